The van der Waals surface area contributed by atoms with E-state index in [4.69, 9.17) is 0 Å². The lowest BCUT2D eigenvalue weighted by atomic mass is 9.85. The van der Waals surface area contributed by atoms with Gasteiger partial charge in [0.1, 0.15) is 18.1 Å². The van der Waals surface area contributed by atoms with Crippen molar-refractivity contribution in [1.82, 2.24) is 16.0 Å². The normalized spacial score (nSPS) is 12.1. The van der Waals surface area contributed by atoms with Gasteiger partial charge in [0.15, 0.2) is 0 Å². The fourth-order valence-electron chi connectivity index (χ4n) is 7.17. The van der Waals surface area contributed by atoms with Gasteiger partial charge in [-0.15, -0.1) is 0 Å². The molecular weight excluding hydrogens is 961 g/mol. The summed E-state index contributed by atoms with van der Waals surface area (Å²) in [6.45, 7) is 0. The SMILES string of the molecule is O=C(O)C[C@H](NC(=O)Cc1ccsc1)C(=O)Nc1ccc(C(c2ccc(NC(=O)[C@H](CC(=O)O)NC(=O)Cc3ccsc3)cc2)c2ccc(NC(=O)[C@H](CC(=O)O)NC(=O)Cc3ccsc3)cc2)cc1. The topological polar surface area (TPSA) is 286 Å². The molecule has 21 heteroatoms. The molecule has 70 heavy (non-hydrogen) atoms. The number of hydrogen-bond acceptors (Lipinski definition) is 12. The maximum atomic E-state index is 13.3. The monoisotopic (exact) mass is 1010 g/mol. The highest BCUT2D eigenvalue weighted by Gasteiger charge is 2.28. The Morgan fingerprint density at radius 2 is 0.643 bits per heavy atom. The lowest BCUT2D eigenvalue weighted by Crippen LogP contribution is -2.45. The van der Waals surface area contributed by atoms with Crippen LogP contribution in [-0.4, -0.2) is 86.8 Å². The summed E-state index contributed by atoms with van der Waals surface area (Å²) < 4.78 is 0. The number of hydrogen-bond donors (Lipinski definition) is 9. The summed E-state index contributed by atoms with van der Waals surface area (Å²) in [6.07, 6.45) is -2.11. The van der Waals surface area contributed by atoms with Gasteiger partial charge in [-0.3, -0.25) is 43.2 Å². The van der Waals surface area contributed by atoms with Crippen LogP contribution in [0.3, 0.4) is 0 Å². The molecule has 3 atom stereocenters. The standard InChI is InChI=1S/C49H46N6O12S3/c56-40(19-28-13-16-68-25-28)53-37(22-43(59)60)47(65)50-34-7-1-31(2-8-34)46(32-3-9-35(10-4-32)51-48(66)38(23-44(61)62)54-41(57)20-29-14-17-69-26-29)33-5-11-36(12-6-33)52-49(67)39(24-45(63)64)55-42(58)21-30-15-18-70-27-30/h1-18,25-27,37-39,46H,19-24H2,(H,50,65)(H,51,66)(H,52,67)(H,53,56)(H,54,57)(H,55,58)(H,59,60)(H,61,62)(H,63,64)/t37-,38-,39-/m0/s1. The zero-order chi connectivity index (χ0) is 50.2. The molecule has 0 aliphatic carbocycles. The van der Waals surface area contributed by atoms with E-state index in [1.54, 1.807) is 123 Å². The molecule has 0 radical (unpaired) electrons. The van der Waals surface area contributed by atoms with Crippen molar-refractivity contribution in [1.29, 1.82) is 0 Å². The van der Waals surface area contributed by atoms with E-state index < -0.39 is 96.7 Å². The first kappa shape index (κ1) is 51.4. The van der Waals surface area contributed by atoms with E-state index in [-0.39, 0.29) is 19.3 Å². The van der Waals surface area contributed by atoms with E-state index in [2.05, 4.69) is 31.9 Å². The van der Waals surface area contributed by atoms with Crippen molar-refractivity contribution in [3.8, 4) is 0 Å². The van der Waals surface area contributed by atoms with Gasteiger partial charge >= 0.3 is 17.9 Å². The van der Waals surface area contributed by atoms with E-state index in [1.165, 1.54) is 34.0 Å². The zero-order valence-electron chi connectivity index (χ0n) is 36.9. The Hall–Kier alpha value is -8.01. The van der Waals surface area contributed by atoms with Crippen molar-refractivity contribution in [2.45, 2.75) is 62.6 Å². The number of anilines is 3. The van der Waals surface area contributed by atoms with Gasteiger partial charge in [-0.2, -0.15) is 34.0 Å². The molecule has 0 unspecified atom stereocenters. The average Bonchev–Trinajstić information content (AvgIpc) is 4.13. The molecule has 18 nitrogen and oxygen atoms in total. The number of rotatable bonds is 24. The second kappa shape index (κ2) is 24.8. The third kappa shape index (κ3) is 15.8. The minimum Gasteiger partial charge on any atom is -0.481 e. The highest BCUT2D eigenvalue weighted by molar-refractivity contribution is 7.08. The van der Waals surface area contributed by atoms with E-state index >= 15 is 0 Å². The Morgan fingerprint density at radius 3 is 0.857 bits per heavy atom. The Morgan fingerprint density at radius 1 is 0.386 bits per heavy atom. The Labute approximate surface area is 412 Å². The number of thiophene rings is 3. The second-order valence-corrected chi connectivity index (χ2v) is 18.2. The molecule has 3 heterocycles. The lowest BCUT2D eigenvalue weighted by molar-refractivity contribution is -0.140. The third-order valence-electron chi connectivity index (χ3n) is 10.5. The molecule has 6 rings (SSSR count). The Bertz CT molecular complexity index is 2480. The van der Waals surface area contributed by atoms with Gasteiger partial charge in [0.25, 0.3) is 0 Å². The van der Waals surface area contributed by atoms with Crippen LogP contribution in [0.2, 0.25) is 0 Å². The number of aliphatic carboxylic acids is 3. The smallest absolute Gasteiger partial charge is 0.305 e. The van der Waals surface area contributed by atoms with E-state index in [0.717, 1.165) is 0 Å². The van der Waals surface area contributed by atoms with Crippen LogP contribution in [0.15, 0.2) is 123 Å². The first-order valence-corrected chi connectivity index (χ1v) is 24.2. The van der Waals surface area contributed by atoms with Crippen molar-refractivity contribution >= 4 is 104 Å². The van der Waals surface area contributed by atoms with Crippen LogP contribution in [-0.2, 0) is 62.4 Å². The number of nitrogens with one attached hydrogen (secondary N) is 6. The van der Waals surface area contributed by atoms with Gasteiger partial charge in [-0.25, -0.2) is 0 Å². The molecule has 0 aliphatic rings. The molecule has 3 aromatic carbocycles. The van der Waals surface area contributed by atoms with Gasteiger partial charge < -0.3 is 47.2 Å². The van der Waals surface area contributed by atoms with Crippen LogP contribution in [0.25, 0.3) is 0 Å². The van der Waals surface area contributed by atoms with E-state index in [1.807, 2.05) is 0 Å². The van der Waals surface area contributed by atoms with E-state index in [9.17, 15) is 58.5 Å². The van der Waals surface area contributed by atoms with Gasteiger partial charge in [0.05, 0.1) is 38.5 Å². The van der Waals surface area contributed by atoms with Gasteiger partial charge in [-0.05, 0) is 120 Å². The maximum absolute atomic E-state index is 13.3. The number of carboxylic acid groups (broad SMARTS) is 3. The van der Waals surface area contributed by atoms with Crippen molar-refractivity contribution in [3.05, 3.63) is 157 Å². The molecule has 6 amide bonds. The Balaban J connectivity index is 1.22. The number of benzene rings is 3. The summed E-state index contributed by atoms with van der Waals surface area (Å²) in [5.74, 6) is -8.26. The van der Waals surface area contributed by atoms with Crippen LogP contribution in [0.1, 0.15) is 58.6 Å². The number of amides is 6. The summed E-state index contributed by atoms with van der Waals surface area (Å²) in [4.78, 5) is 113. The molecule has 0 fully saturated rings. The number of carboxylic acids is 3. The van der Waals surface area contributed by atoms with Crippen LogP contribution in [0.5, 0.6) is 0 Å². The molecule has 0 saturated heterocycles. The fraction of sp³-hybridized carbons (Fsp3) is 0.204. The van der Waals surface area contributed by atoms with Gasteiger partial charge in [0, 0.05) is 23.0 Å². The summed E-state index contributed by atoms with van der Waals surface area (Å²) >= 11 is 4.18. The molecule has 6 aromatic rings. The van der Waals surface area contributed by atoms with Crippen LogP contribution >= 0.6 is 34.0 Å². The lowest BCUT2D eigenvalue weighted by Gasteiger charge is -2.22. The first-order valence-electron chi connectivity index (χ1n) is 21.4. The molecule has 0 spiro atoms. The number of carbonyl (C=O) groups is 9. The van der Waals surface area contributed by atoms with Crippen molar-refractivity contribution in [2.24, 2.45) is 0 Å². The molecule has 9 N–H and O–H groups in total. The quantitative estimate of drug-likeness (QED) is 0.0341. The summed E-state index contributed by atoms with van der Waals surface area (Å²) in [6, 6.07) is 21.0. The number of carbonyl (C=O) groups excluding carboxylic acids is 6. The molecule has 0 aliphatic heterocycles. The Kier molecular flexibility index (Phi) is 18.2. The third-order valence-corrected chi connectivity index (χ3v) is 12.7. The largest absolute Gasteiger partial charge is 0.481 e. The molecular formula is C49H46N6O12S3. The van der Waals surface area contributed by atoms with Crippen LogP contribution < -0.4 is 31.9 Å². The highest BCUT2D eigenvalue weighted by Crippen LogP contribution is 2.34. The zero-order valence-corrected chi connectivity index (χ0v) is 39.4. The minimum atomic E-state index is -1.38. The average molecular weight is 1010 g/mol. The van der Waals surface area contributed by atoms with Crippen molar-refractivity contribution in [2.75, 3.05) is 16.0 Å². The van der Waals surface area contributed by atoms with E-state index in [0.29, 0.717) is 50.4 Å². The first-order chi connectivity index (χ1) is 33.6. The van der Waals surface area contributed by atoms with Crippen LogP contribution in [0.4, 0.5) is 17.1 Å². The second-order valence-electron chi connectivity index (χ2n) is 15.8. The molecule has 3 aromatic heterocycles. The van der Waals surface area contributed by atoms with Gasteiger partial charge in [-0.1, -0.05) is 36.4 Å². The predicted molar refractivity (Wildman–Crippen MR) is 263 cm³/mol. The summed E-state index contributed by atoms with van der Waals surface area (Å²) in [5.41, 5.74) is 5.07. The van der Waals surface area contributed by atoms with Gasteiger partial charge in [0.2, 0.25) is 35.4 Å². The molecule has 362 valence electrons. The molecule has 0 saturated carbocycles. The highest BCUT2D eigenvalue weighted by atomic mass is 32.1. The predicted octanol–water partition coefficient (Wildman–Crippen LogP) is 5.47. The fourth-order valence-corrected chi connectivity index (χ4v) is 9.17. The molecule has 0 bridgehead atoms. The van der Waals surface area contributed by atoms with Crippen LogP contribution in [0, 0.1) is 0 Å². The maximum Gasteiger partial charge on any atom is 0.305 e. The summed E-state index contributed by atoms with van der Waals surface area (Å²) in [7, 11) is 0. The summed E-state index contributed by atoms with van der Waals surface area (Å²) in [5, 5.41) is 54.8. The van der Waals surface area contributed by atoms with Crippen molar-refractivity contribution in [3.63, 3.8) is 0 Å². The minimum absolute atomic E-state index is 0.0385. The van der Waals surface area contributed by atoms with Crippen molar-refractivity contribution < 1.29 is 58.5 Å².